The predicted octanol–water partition coefficient (Wildman–Crippen LogP) is 5.44. The van der Waals surface area contributed by atoms with Gasteiger partial charge < -0.3 is 10.1 Å². The number of hydrogen-bond acceptors (Lipinski definition) is 4. The van der Waals surface area contributed by atoms with Crippen molar-refractivity contribution in [3.8, 4) is 5.75 Å². The van der Waals surface area contributed by atoms with Gasteiger partial charge in [0.25, 0.3) is 5.69 Å². The number of nitrogens with zero attached hydrogens (tertiary/aromatic N) is 1. The molecule has 0 aromatic heterocycles. The minimum Gasteiger partial charge on any atom is -0.489 e. The summed E-state index contributed by atoms with van der Waals surface area (Å²) in [6.45, 7) is 1.04. The SMILES string of the molecule is O=[N+]([O-])c1cccc(NCc2ccc(OCc3ccc(Cl)cc3)cc2)c1. The second kappa shape index (κ2) is 8.36. The number of nitro groups is 1. The highest BCUT2D eigenvalue weighted by Crippen LogP contribution is 2.19. The summed E-state index contributed by atoms with van der Waals surface area (Å²) in [5, 5.41) is 14.7. The Morgan fingerprint density at radius 2 is 1.65 bits per heavy atom. The van der Waals surface area contributed by atoms with Crippen LogP contribution in [0.1, 0.15) is 11.1 Å². The molecule has 0 aliphatic carbocycles. The summed E-state index contributed by atoms with van der Waals surface area (Å²) < 4.78 is 5.75. The van der Waals surface area contributed by atoms with Crippen molar-refractivity contribution in [2.45, 2.75) is 13.2 Å². The molecule has 5 nitrogen and oxygen atoms in total. The molecule has 26 heavy (non-hydrogen) atoms. The second-order valence-corrected chi connectivity index (χ2v) is 6.16. The minimum absolute atomic E-state index is 0.0703. The molecular formula is C20H17ClN2O3. The van der Waals surface area contributed by atoms with Crippen LogP contribution in [0.2, 0.25) is 5.02 Å². The molecule has 0 spiro atoms. The Bertz CT molecular complexity index is 880. The monoisotopic (exact) mass is 368 g/mol. The van der Waals surface area contributed by atoms with Crippen LogP contribution in [0.5, 0.6) is 5.75 Å². The van der Waals surface area contributed by atoms with E-state index < -0.39 is 4.92 Å². The molecule has 0 fully saturated rings. The van der Waals surface area contributed by atoms with Crippen LogP contribution in [0.15, 0.2) is 72.8 Å². The molecule has 0 bridgehead atoms. The Balaban J connectivity index is 1.53. The Morgan fingerprint density at radius 3 is 2.35 bits per heavy atom. The van der Waals surface area contributed by atoms with Crippen molar-refractivity contribution < 1.29 is 9.66 Å². The van der Waals surface area contributed by atoms with Crippen LogP contribution in [0.3, 0.4) is 0 Å². The highest BCUT2D eigenvalue weighted by Gasteiger charge is 2.05. The number of anilines is 1. The first-order valence-corrected chi connectivity index (χ1v) is 8.42. The van der Waals surface area contributed by atoms with E-state index in [-0.39, 0.29) is 5.69 Å². The van der Waals surface area contributed by atoms with Crippen molar-refractivity contribution in [1.82, 2.24) is 0 Å². The molecule has 0 saturated heterocycles. The summed E-state index contributed by atoms with van der Waals surface area (Å²) in [6.07, 6.45) is 0. The van der Waals surface area contributed by atoms with E-state index in [0.29, 0.717) is 23.9 Å². The molecular weight excluding hydrogens is 352 g/mol. The molecule has 0 atom stereocenters. The zero-order valence-electron chi connectivity index (χ0n) is 13.9. The maximum absolute atomic E-state index is 10.8. The van der Waals surface area contributed by atoms with Crippen LogP contribution in [0.4, 0.5) is 11.4 Å². The first kappa shape index (κ1) is 17.8. The van der Waals surface area contributed by atoms with Crippen LogP contribution in [-0.2, 0) is 13.2 Å². The standard InChI is InChI=1S/C20H17ClN2O3/c21-17-8-4-16(5-9-17)14-26-20-10-6-15(7-11-20)13-22-18-2-1-3-19(12-18)23(24)25/h1-12,22H,13-14H2. The van der Waals surface area contributed by atoms with Crippen molar-refractivity contribution >= 4 is 23.0 Å². The van der Waals surface area contributed by atoms with Gasteiger partial charge in [0, 0.05) is 29.4 Å². The fourth-order valence-electron chi connectivity index (χ4n) is 2.38. The van der Waals surface area contributed by atoms with Crippen LogP contribution in [-0.4, -0.2) is 4.92 Å². The van der Waals surface area contributed by atoms with Crippen molar-refractivity contribution in [1.29, 1.82) is 0 Å². The first-order valence-electron chi connectivity index (χ1n) is 8.05. The Morgan fingerprint density at radius 1 is 0.962 bits per heavy atom. The van der Waals surface area contributed by atoms with Crippen molar-refractivity contribution in [3.05, 3.63) is 99.1 Å². The van der Waals surface area contributed by atoms with Crippen LogP contribution in [0, 0.1) is 10.1 Å². The fraction of sp³-hybridized carbons (Fsp3) is 0.100. The minimum atomic E-state index is -0.405. The Labute approximate surface area is 156 Å². The lowest BCUT2D eigenvalue weighted by molar-refractivity contribution is -0.384. The van der Waals surface area contributed by atoms with Gasteiger partial charge in [0.2, 0.25) is 0 Å². The van der Waals surface area contributed by atoms with E-state index in [4.69, 9.17) is 16.3 Å². The van der Waals surface area contributed by atoms with E-state index in [1.54, 1.807) is 12.1 Å². The molecule has 3 rings (SSSR count). The van der Waals surface area contributed by atoms with Crippen molar-refractivity contribution in [2.75, 3.05) is 5.32 Å². The molecule has 132 valence electrons. The number of benzene rings is 3. The molecule has 0 aliphatic heterocycles. The fourth-order valence-corrected chi connectivity index (χ4v) is 2.51. The number of nitrogens with one attached hydrogen (secondary N) is 1. The van der Waals surface area contributed by atoms with Gasteiger partial charge in [0.1, 0.15) is 12.4 Å². The van der Waals surface area contributed by atoms with E-state index in [0.717, 1.165) is 16.9 Å². The van der Waals surface area contributed by atoms with Gasteiger partial charge in [0.05, 0.1) is 4.92 Å². The van der Waals surface area contributed by atoms with Gasteiger partial charge in [-0.2, -0.15) is 0 Å². The van der Waals surface area contributed by atoms with Crippen LogP contribution >= 0.6 is 11.6 Å². The molecule has 0 unspecified atom stereocenters. The quantitative estimate of drug-likeness (QED) is 0.445. The van der Waals surface area contributed by atoms with Gasteiger partial charge in [-0.3, -0.25) is 10.1 Å². The van der Waals surface area contributed by atoms with Crippen molar-refractivity contribution in [2.24, 2.45) is 0 Å². The average molecular weight is 369 g/mol. The van der Waals surface area contributed by atoms with Gasteiger partial charge in [-0.25, -0.2) is 0 Å². The highest BCUT2D eigenvalue weighted by molar-refractivity contribution is 6.30. The number of ether oxygens (including phenoxy) is 1. The summed E-state index contributed by atoms with van der Waals surface area (Å²) in [6, 6.07) is 21.7. The molecule has 3 aromatic carbocycles. The molecule has 0 heterocycles. The van der Waals surface area contributed by atoms with E-state index in [1.807, 2.05) is 48.5 Å². The molecule has 0 radical (unpaired) electrons. The summed E-state index contributed by atoms with van der Waals surface area (Å²) >= 11 is 5.86. The lowest BCUT2D eigenvalue weighted by atomic mass is 10.2. The Hall–Kier alpha value is -3.05. The van der Waals surface area contributed by atoms with E-state index >= 15 is 0 Å². The number of nitro benzene ring substituents is 1. The van der Waals surface area contributed by atoms with Gasteiger partial charge >= 0.3 is 0 Å². The first-order chi connectivity index (χ1) is 12.6. The molecule has 0 aliphatic rings. The number of non-ortho nitro benzene ring substituents is 1. The van der Waals surface area contributed by atoms with Gasteiger partial charge in [-0.15, -0.1) is 0 Å². The third-order valence-electron chi connectivity index (χ3n) is 3.80. The number of hydrogen-bond donors (Lipinski definition) is 1. The molecule has 1 N–H and O–H groups in total. The topological polar surface area (TPSA) is 64.4 Å². The summed E-state index contributed by atoms with van der Waals surface area (Å²) in [7, 11) is 0. The molecule has 0 saturated carbocycles. The van der Waals surface area contributed by atoms with E-state index in [2.05, 4.69) is 5.32 Å². The third kappa shape index (κ3) is 4.97. The average Bonchev–Trinajstić information content (AvgIpc) is 2.67. The molecule has 3 aromatic rings. The summed E-state index contributed by atoms with van der Waals surface area (Å²) in [5.41, 5.74) is 2.88. The largest absolute Gasteiger partial charge is 0.489 e. The van der Waals surface area contributed by atoms with Crippen molar-refractivity contribution in [3.63, 3.8) is 0 Å². The predicted molar refractivity (Wildman–Crippen MR) is 103 cm³/mol. The lowest BCUT2D eigenvalue weighted by Crippen LogP contribution is -2.00. The number of halogens is 1. The maximum atomic E-state index is 10.8. The van der Waals surface area contributed by atoms with Crippen LogP contribution in [0.25, 0.3) is 0 Å². The van der Waals surface area contributed by atoms with E-state index in [9.17, 15) is 10.1 Å². The normalized spacial score (nSPS) is 10.3. The van der Waals surface area contributed by atoms with Crippen LogP contribution < -0.4 is 10.1 Å². The van der Waals surface area contributed by atoms with Gasteiger partial charge in [-0.05, 0) is 41.5 Å². The summed E-state index contributed by atoms with van der Waals surface area (Å²) in [5.74, 6) is 0.777. The maximum Gasteiger partial charge on any atom is 0.271 e. The number of rotatable bonds is 7. The van der Waals surface area contributed by atoms with Gasteiger partial charge in [0.15, 0.2) is 0 Å². The Kier molecular flexibility index (Phi) is 5.71. The molecule has 0 amide bonds. The van der Waals surface area contributed by atoms with Gasteiger partial charge in [-0.1, -0.05) is 41.9 Å². The highest BCUT2D eigenvalue weighted by atomic mass is 35.5. The third-order valence-corrected chi connectivity index (χ3v) is 4.05. The smallest absolute Gasteiger partial charge is 0.271 e. The zero-order chi connectivity index (χ0) is 18.4. The summed E-state index contributed by atoms with van der Waals surface area (Å²) in [4.78, 5) is 10.4. The lowest BCUT2D eigenvalue weighted by Gasteiger charge is -2.09. The van der Waals surface area contributed by atoms with E-state index in [1.165, 1.54) is 12.1 Å². The molecule has 6 heteroatoms. The zero-order valence-corrected chi connectivity index (χ0v) is 14.6. The second-order valence-electron chi connectivity index (χ2n) is 5.72.